The Kier molecular flexibility index (Phi) is 5.09. The van der Waals surface area contributed by atoms with Crippen LogP contribution in [-0.4, -0.2) is 56.0 Å². The number of rotatable bonds is 4. The maximum atomic E-state index is 13.3. The van der Waals surface area contributed by atoms with Crippen LogP contribution in [0.2, 0.25) is 0 Å². The molecule has 2 atom stereocenters. The third-order valence-corrected chi connectivity index (χ3v) is 7.52. The second-order valence-corrected chi connectivity index (χ2v) is 9.16. The molecule has 2 aliphatic rings. The summed E-state index contributed by atoms with van der Waals surface area (Å²) in [5, 5.41) is 10.9. The Hall–Kier alpha value is -2.25. The van der Waals surface area contributed by atoms with E-state index in [1.165, 1.54) is 4.88 Å². The zero-order valence-corrected chi connectivity index (χ0v) is 17.6. The molecule has 152 valence electrons. The van der Waals surface area contributed by atoms with Crippen molar-refractivity contribution in [2.75, 3.05) is 19.6 Å². The highest BCUT2D eigenvalue weighted by atomic mass is 32.1. The molecule has 5 heterocycles. The summed E-state index contributed by atoms with van der Waals surface area (Å²) in [7, 11) is 0. The summed E-state index contributed by atoms with van der Waals surface area (Å²) in [6, 6.07) is 10.5. The average molecular weight is 410 g/mol. The van der Waals surface area contributed by atoms with Gasteiger partial charge in [0.25, 0.3) is 0 Å². The molecule has 0 aliphatic carbocycles. The number of likely N-dealkylation sites (tertiary alicyclic amines) is 2. The molecule has 5 rings (SSSR count). The minimum atomic E-state index is -0.0633. The maximum Gasteiger partial charge on any atom is 0.240 e. The molecule has 0 saturated carbocycles. The fourth-order valence-electron chi connectivity index (χ4n) is 4.89. The van der Waals surface area contributed by atoms with Gasteiger partial charge in [-0.15, -0.1) is 21.5 Å². The van der Waals surface area contributed by atoms with Crippen LogP contribution in [0.25, 0.3) is 5.65 Å². The molecule has 0 radical (unpaired) electrons. The lowest BCUT2D eigenvalue weighted by atomic mass is 9.95. The molecule has 0 aromatic carbocycles. The van der Waals surface area contributed by atoms with Gasteiger partial charge in [0, 0.05) is 23.5 Å². The molecular weight excluding hydrogens is 382 g/mol. The van der Waals surface area contributed by atoms with Crippen molar-refractivity contribution in [3.63, 3.8) is 0 Å². The summed E-state index contributed by atoms with van der Waals surface area (Å²) in [4.78, 5) is 19.1. The van der Waals surface area contributed by atoms with Crippen LogP contribution in [0.15, 0.2) is 41.9 Å². The van der Waals surface area contributed by atoms with E-state index in [1.54, 1.807) is 11.3 Å². The number of hydrogen-bond acceptors (Lipinski definition) is 5. The number of aromatic nitrogens is 3. The molecule has 1 amide bonds. The zero-order chi connectivity index (χ0) is 19.8. The SMILES string of the molecule is CC(C(=O)N1CCCC1c1cccs1)N1CCC(c2nnc3ccccn23)CC1. The van der Waals surface area contributed by atoms with Gasteiger partial charge in [0.1, 0.15) is 5.82 Å². The molecule has 2 aliphatic heterocycles. The van der Waals surface area contributed by atoms with Crippen LogP contribution in [0, 0.1) is 0 Å². The third-order valence-electron chi connectivity index (χ3n) is 6.55. The topological polar surface area (TPSA) is 53.7 Å². The van der Waals surface area contributed by atoms with E-state index in [2.05, 4.69) is 48.8 Å². The summed E-state index contributed by atoms with van der Waals surface area (Å²) in [5.74, 6) is 1.74. The molecule has 6 nitrogen and oxygen atoms in total. The van der Waals surface area contributed by atoms with E-state index in [9.17, 15) is 4.79 Å². The van der Waals surface area contributed by atoms with Crippen molar-refractivity contribution in [1.29, 1.82) is 0 Å². The Labute approximate surface area is 175 Å². The van der Waals surface area contributed by atoms with E-state index in [1.807, 2.05) is 24.4 Å². The maximum absolute atomic E-state index is 13.3. The summed E-state index contributed by atoms with van der Waals surface area (Å²) in [6.45, 7) is 4.82. The number of nitrogens with zero attached hydrogens (tertiary/aromatic N) is 5. The Morgan fingerprint density at radius 1 is 1.10 bits per heavy atom. The lowest BCUT2D eigenvalue weighted by molar-refractivity contribution is -0.137. The number of piperidine rings is 1. The molecule has 3 aromatic rings. The van der Waals surface area contributed by atoms with Crippen LogP contribution in [0.4, 0.5) is 0 Å². The third kappa shape index (κ3) is 3.46. The van der Waals surface area contributed by atoms with Crippen molar-refractivity contribution in [2.24, 2.45) is 0 Å². The van der Waals surface area contributed by atoms with Crippen molar-refractivity contribution in [3.8, 4) is 0 Å². The number of fused-ring (bicyclic) bond motifs is 1. The van der Waals surface area contributed by atoms with Gasteiger partial charge < -0.3 is 4.90 Å². The predicted molar refractivity (Wildman–Crippen MR) is 114 cm³/mol. The number of hydrogen-bond donors (Lipinski definition) is 0. The number of pyridine rings is 1. The van der Waals surface area contributed by atoms with Crippen molar-refractivity contribution in [2.45, 2.75) is 50.6 Å². The highest BCUT2D eigenvalue weighted by Gasteiger charge is 2.36. The van der Waals surface area contributed by atoms with E-state index in [0.717, 1.165) is 56.8 Å². The molecule has 2 saturated heterocycles. The molecule has 0 spiro atoms. The lowest BCUT2D eigenvalue weighted by Gasteiger charge is -2.37. The normalized spacial score (nSPS) is 22.4. The first-order chi connectivity index (χ1) is 14.2. The van der Waals surface area contributed by atoms with Gasteiger partial charge >= 0.3 is 0 Å². The first-order valence-electron chi connectivity index (χ1n) is 10.6. The average Bonchev–Trinajstić information content (AvgIpc) is 3.52. The first-order valence-corrected chi connectivity index (χ1v) is 11.5. The smallest absolute Gasteiger partial charge is 0.240 e. The van der Waals surface area contributed by atoms with Gasteiger partial charge in [0.05, 0.1) is 12.1 Å². The monoisotopic (exact) mass is 409 g/mol. The second-order valence-electron chi connectivity index (χ2n) is 8.18. The van der Waals surface area contributed by atoms with Crippen molar-refractivity contribution in [3.05, 3.63) is 52.6 Å². The molecule has 2 fully saturated rings. The van der Waals surface area contributed by atoms with Crippen LogP contribution in [-0.2, 0) is 4.79 Å². The molecule has 29 heavy (non-hydrogen) atoms. The van der Waals surface area contributed by atoms with Crippen LogP contribution < -0.4 is 0 Å². The molecule has 0 bridgehead atoms. The van der Waals surface area contributed by atoms with E-state index in [4.69, 9.17) is 0 Å². The Morgan fingerprint density at radius 2 is 1.97 bits per heavy atom. The largest absolute Gasteiger partial charge is 0.333 e. The molecule has 7 heteroatoms. The van der Waals surface area contributed by atoms with Gasteiger partial charge in [0.15, 0.2) is 5.65 Å². The minimum absolute atomic E-state index is 0.0633. The van der Waals surface area contributed by atoms with E-state index >= 15 is 0 Å². The first kappa shape index (κ1) is 18.8. The van der Waals surface area contributed by atoms with E-state index < -0.39 is 0 Å². The van der Waals surface area contributed by atoms with Crippen LogP contribution in [0.3, 0.4) is 0 Å². The van der Waals surface area contributed by atoms with Gasteiger partial charge in [-0.2, -0.15) is 0 Å². The Morgan fingerprint density at radius 3 is 2.76 bits per heavy atom. The minimum Gasteiger partial charge on any atom is -0.333 e. The van der Waals surface area contributed by atoms with E-state index in [-0.39, 0.29) is 18.0 Å². The standard InChI is InChI=1S/C22H27N5OS/c1-16(22(28)26-12-4-6-18(26)19-7-5-15-29-19)25-13-9-17(10-14-25)21-24-23-20-8-2-3-11-27(20)21/h2-3,5,7-8,11,15-18H,4,6,9-10,12-14H2,1H3. The fraction of sp³-hybridized carbons (Fsp3) is 0.500. The van der Waals surface area contributed by atoms with Crippen LogP contribution in [0.1, 0.15) is 55.3 Å². The predicted octanol–water partition coefficient (Wildman–Crippen LogP) is 3.72. The van der Waals surface area contributed by atoms with Crippen LogP contribution in [0.5, 0.6) is 0 Å². The van der Waals surface area contributed by atoms with E-state index in [0.29, 0.717) is 5.92 Å². The molecule has 0 N–H and O–H groups in total. The van der Waals surface area contributed by atoms with Crippen LogP contribution >= 0.6 is 11.3 Å². The lowest BCUT2D eigenvalue weighted by Crippen LogP contribution is -2.49. The summed E-state index contributed by atoms with van der Waals surface area (Å²) < 4.78 is 2.10. The highest BCUT2D eigenvalue weighted by Crippen LogP contribution is 2.36. The molecule has 2 unspecified atom stereocenters. The number of thiophene rings is 1. The number of carbonyl (C=O) groups excluding carboxylic acids is 1. The summed E-state index contributed by atoms with van der Waals surface area (Å²) >= 11 is 1.77. The number of amides is 1. The van der Waals surface area contributed by atoms with Gasteiger partial charge in [-0.05, 0) is 69.3 Å². The van der Waals surface area contributed by atoms with Gasteiger partial charge in [-0.1, -0.05) is 12.1 Å². The fourth-order valence-corrected chi connectivity index (χ4v) is 5.76. The molecular formula is C22H27N5OS. The highest BCUT2D eigenvalue weighted by molar-refractivity contribution is 7.10. The zero-order valence-electron chi connectivity index (χ0n) is 16.8. The summed E-state index contributed by atoms with van der Waals surface area (Å²) in [6.07, 6.45) is 6.26. The van der Waals surface area contributed by atoms with Gasteiger partial charge in [-0.25, -0.2) is 0 Å². The van der Waals surface area contributed by atoms with Crippen molar-refractivity contribution < 1.29 is 4.79 Å². The van der Waals surface area contributed by atoms with Gasteiger partial charge in [0.2, 0.25) is 5.91 Å². The Balaban J connectivity index is 1.24. The quantitative estimate of drug-likeness (QED) is 0.659. The second kappa shape index (κ2) is 7.88. The van der Waals surface area contributed by atoms with Crippen molar-refractivity contribution in [1.82, 2.24) is 24.4 Å². The molecule has 3 aromatic heterocycles. The Bertz CT molecular complexity index is 976. The summed E-state index contributed by atoms with van der Waals surface area (Å²) in [5.41, 5.74) is 0.905. The number of carbonyl (C=O) groups is 1. The van der Waals surface area contributed by atoms with Crippen molar-refractivity contribution >= 4 is 22.9 Å². The van der Waals surface area contributed by atoms with Gasteiger partial charge in [-0.3, -0.25) is 14.1 Å².